The Kier molecular flexibility index (Phi) is 5.78. The zero-order chi connectivity index (χ0) is 14.3. The van der Waals surface area contributed by atoms with E-state index in [-0.39, 0.29) is 11.3 Å². The number of carboxylic acid groups (broad SMARTS) is 1. The van der Waals surface area contributed by atoms with Crippen LogP contribution in [-0.2, 0) is 0 Å². The summed E-state index contributed by atoms with van der Waals surface area (Å²) < 4.78 is 5.33. The van der Waals surface area contributed by atoms with E-state index in [0.29, 0.717) is 6.61 Å². The Balaban J connectivity index is 2.80. The molecule has 0 aromatic heterocycles. The summed E-state index contributed by atoms with van der Waals surface area (Å²) in [6.07, 6.45) is 3.96. The molecule has 0 aliphatic rings. The number of hydrogen-bond donors (Lipinski definition) is 1. The molecule has 104 valence electrons. The highest BCUT2D eigenvalue weighted by Gasteiger charge is 2.25. The quantitative estimate of drug-likeness (QED) is 0.443. The molecule has 6 nitrogen and oxygen atoms in total. The molecule has 0 bridgehead atoms. The van der Waals surface area contributed by atoms with E-state index in [1.807, 2.05) is 0 Å². The van der Waals surface area contributed by atoms with Gasteiger partial charge in [-0.2, -0.15) is 0 Å². The van der Waals surface area contributed by atoms with E-state index in [9.17, 15) is 14.9 Å². The first-order valence-electron chi connectivity index (χ1n) is 6.21. The first-order valence-corrected chi connectivity index (χ1v) is 6.21. The molecular weight excluding hydrogens is 250 g/mol. The molecule has 0 fully saturated rings. The zero-order valence-corrected chi connectivity index (χ0v) is 10.8. The maximum absolute atomic E-state index is 10.9. The van der Waals surface area contributed by atoms with Crippen LogP contribution in [0.3, 0.4) is 0 Å². The van der Waals surface area contributed by atoms with Crippen LogP contribution in [0, 0.1) is 10.1 Å². The van der Waals surface area contributed by atoms with Crippen molar-refractivity contribution in [3.8, 4) is 5.75 Å². The van der Waals surface area contributed by atoms with Crippen molar-refractivity contribution >= 4 is 11.7 Å². The average molecular weight is 267 g/mol. The minimum Gasteiger partial charge on any atom is -0.487 e. The molecule has 0 heterocycles. The van der Waals surface area contributed by atoms with Gasteiger partial charge in [0, 0.05) is 0 Å². The highest BCUT2D eigenvalue weighted by atomic mass is 16.6. The fraction of sp³-hybridized carbons (Fsp3) is 0.462. The van der Waals surface area contributed by atoms with Gasteiger partial charge < -0.3 is 9.84 Å². The summed E-state index contributed by atoms with van der Waals surface area (Å²) in [5.74, 6) is -1.32. The molecule has 0 saturated carbocycles. The lowest BCUT2D eigenvalue weighted by Gasteiger charge is -2.07. The second kappa shape index (κ2) is 7.35. The van der Waals surface area contributed by atoms with E-state index in [0.717, 1.165) is 25.7 Å². The number of nitro groups is 1. The van der Waals surface area contributed by atoms with Gasteiger partial charge in [-0.25, -0.2) is 4.79 Å². The number of rotatable bonds is 8. The third-order valence-electron chi connectivity index (χ3n) is 2.67. The van der Waals surface area contributed by atoms with Crippen molar-refractivity contribution in [2.24, 2.45) is 0 Å². The first-order chi connectivity index (χ1) is 9.07. The van der Waals surface area contributed by atoms with Crippen LogP contribution < -0.4 is 4.74 Å². The van der Waals surface area contributed by atoms with Crippen LogP contribution in [0.15, 0.2) is 18.2 Å². The van der Waals surface area contributed by atoms with Gasteiger partial charge in [-0.05, 0) is 18.6 Å². The van der Waals surface area contributed by atoms with Gasteiger partial charge in [0.05, 0.1) is 11.5 Å². The Bertz CT molecular complexity index is 458. The van der Waals surface area contributed by atoms with Crippen molar-refractivity contribution in [3.63, 3.8) is 0 Å². The van der Waals surface area contributed by atoms with Crippen molar-refractivity contribution < 1.29 is 19.6 Å². The number of nitrogens with zero attached hydrogens (tertiary/aromatic N) is 1. The van der Waals surface area contributed by atoms with Gasteiger partial charge in [0.15, 0.2) is 5.75 Å². The molecule has 0 radical (unpaired) electrons. The second-order valence-corrected chi connectivity index (χ2v) is 4.12. The Morgan fingerprint density at radius 2 is 2.11 bits per heavy atom. The van der Waals surface area contributed by atoms with E-state index in [1.165, 1.54) is 18.2 Å². The molecule has 0 atom stereocenters. The summed E-state index contributed by atoms with van der Waals surface area (Å²) in [5, 5.41) is 19.9. The van der Waals surface area contributed by atoms with Crippen LogP contribution in [0.2, 0.25) is 0 Å². The Hall–Kier alpha value is -2.11. The highest BCUT2D eigenvalue weighted by Crippen LogP contribution is 2.30. The number of aromatic carboxylic acids is 1. The number of carboxylic acids is 1. The van der Waals surface area contributed by atoms with Crippen LogP contribution in [-0.4, -0.2) is 22.6 Å². The fourth-order valence-corrected chi connectivity index (χ4v) is 1.71. The molecule has 1 aromatic rings. The summed E-state index contributed by atoms with van der Waals surface area (Å²) in [6.45, 7) is 2.44. The third-order valence-corrected chi connectivity index (χ3v) is 2.67. The Labute approximate surface area is 111 Å². The zero-order valence-electron chi connectivity index (χ0n) is 10.8. The van der Waals surface area contributed by atoms with Crippen molar-refractivity contribution in [1.29, 1.82) is 0 Å². The number of para-hydroxylation sites is 1. The van der Waals surface area contributed by atoms with E-state index >= 15 is 0 Å². The lowest BCUT2D eigenvalue weighted by molar-refractivity contribution is -0.386. The van der Waals surface area contributed by atoms with Crippen molar-refractivity contribution in [3.05, 3.63) is 33.9 Å². The molecule has 1 aromatic carbocycles. The number of unbranched alkanes of at least 4 members (excludes halogenated alkanes) is 3. The van der Waals surface area contributed by atoms with E-state index in [4.69, 9.17) is 9.84 Å². The molecule has 1 rings (SSSR count). The smallest absolute Gasteiger partial charge is 0.342 e. The standard InChI is InChI=1S/C13H17NO5/c1-2-3-4-5-9-19-11-8-6-7-10(13(15)16)12(11)14(17)18/h6-8H,2-5,9H2,1H3,(H,15,16). The van der Waals surface area contributed by atoms with E-state index in [1.54, 1.807) is 0 Å². The van der Waals surface area contributed by atoms with Gasteiger partial charge >= 0.3 is 11.7 Å². The maximum Gasteiger partial charge on any atom is 0.342 e. The largest absolute Gasteiger partial charge is 0.487 e. The SMILES string of the molecule is CCCCCCOc1cccc(C(=O)O)c1[N+](=O)[O-]. The molecule has 0 aliphatic carbocycles. The van der Waals surface area contributed by atoms with Crippen LogP contribution in [0.4, 0.5) is 5.69 Å². The molecule has 1 N–H and O–H groups in total. The topological polar surface area (TPSA) is 89.7 Å². The van der Waals surface area contributed by atoms with Gasteiger partial charge in [0.1, 0.15) is 5.56 Å². The number of nitro benzene ring substituents is 1. The molecule has 0 saturated heterocycles. The van der Waals surface area contributed by atoms with Crippen molar-refractivity contribution in [2.45, 2.75) is 32.6 Å². The number of hydrogen-bond acceptors (Lipinski definition) is 4. The van der Waals surface area contributed by atoms with Crippen LogP contribution >= 0.6 is 0 Å². The van der Waals surface area contributed by atoms with E-state index < -0.39 is 16.6 Å². The Morgan fingerprint density at radius 3 is 2.68 bits per heavy atom. The molecular formula is C13H17NO5. The minimum atomic E-state index is -1.33. The predicted molar refractivity (Wildman–Crippen MR) is 69.7 cm³/mol. The minimum absolute atomic E-state index is 0.0152. The van der Waals surface area contributed by atoms with Crippen LogP contribution in [0.1, 0.15) is 43.0 Å². The summed E-state index contributed by atoms with van der Waals surface area (Å²) in [7, 11) is 0. The van der Waals surface area contributed by atoms with Gasteiger partial charge in [-0.3, -0.25) is 10.1 Å². The molecule has 6 heteroatoms. The van der Waals surface area contributed by atoms with Crippen molar-refractivity contribution in [2.75, 3.05) is 6.61 Å². The third kappa shape index (κ3) is 4.24. The number of benzene rings is 1. The van der Waals surface area contributed by atoms with Crippen LogP contribution in [0.25, 0.3) is 0 Å². The summed E-state index contributed by atoms with van der Waals surface area (Å²) in [6, 6.07) is 4.06. The summed E-state index contributed by atoms with van der Waals surface area (Å²) in [4.78, 5) is 21.2. The molecule has 0 spiro atoms. The molecule has 0 unspecified atom stereocenters. The fourth-order valence-electron chi connectivity index (χ4n) is 1.71. The van der Waals surface area contributed by atoms with Gasteiger partial charge in [-0.15, -0.1) is 0 Å². The monoisotopic (exact) mass is 267 g/mol. The van der Waals surface area contributed by atoms with Gasteiger partial charge in [-0.1, -0.05) is 32.3 Å². The predicted octanol–water partition coefficient (Wildman–Crippen LogP) is 3.25. The van der Waals surface area contributed by atoms with Gasteiger partial charge in [0.25, 0.3) is 0 Å². The lowest BCUT2D eigenvalue weighted by atomic mass is 10.1. The number of carbonyl (C=O) groups is 1. The molecule has 19 heavy (non-hydrogen) atoms. The summed E-state index contributed by atoms with van der Waals surface area (Å²) in [5.41, 5.74) is -0.832. The normalized spacial score (nSPS) is 10.2. The first kappa shape index (κ1) is 14.9. The highest BCUT2D eigenvalue weighted by molar-refractivity contribution is 5.93. The summed E-state index contributed by atoms with van der Waals surface area (Å²) >= 11 is 0. The molecule has 0 aliphatic heterocycles. The Morgan fingerprint density at radius 1 is 1.37 bits per heavy atom. The second-order valence-electron chi connectivity index (χ2n) is 4.12. The average Bonchev–Trinajstić information content (AvgIpc) is 2.37. The number of ether oxygens (including phenoxy) is 1. The van der Waals surface area contributed by atoms with Crippen molar-refractivity contribution in [1.82, 2.24) is 0 Å². The van der Waals surface area contributed by atoms with Crippen LogP contribution in [0.5, 0.6) is 5.75 Å². The molecule has 0 amide bonds. The maximum atomic E-state index is 10.9. The van der Waals surface area contributed by atoms with E-state index in [2.05, 4.69) is 6.92 Å². The lowest BCUT2D eigenvalue weighted by Crippen LogP contribution is -2.06. The van der Waals surface area contributed by atoms with Gasteiger partial charge in [0.2, 0.25) is 0 Å².